The lowest BCUT2D eigenvalue weighted by Crippen LogP contribution is -2.25. The Morgan fingerprint density at radius 1 is 0.958 bits per heavy atom. The first-order valence-electron chi connectivity index (χ1n) is 8.40. The van der Waals surface area contributed by atoms with Crippen LogP contribution in [-0.2, 0) is 0 Å². The Kier molecular flexibility index (Phi) is 7.28. The second-order valence-corrected chi connectivity index (χ2v) is 6.74. The van der Waals surface area contributed by atoms with Crippen molar-refractivity contribution in [2.45, 2.75) is 30.1 Å². The van der Waals surface area contributed by atoms with E-state index < -0.39 is 0 Å². The molecular weight excluding hydrogens is 318 g/mol. The number of ether oxygens (including phenoxy) is 1. The van der Waals surface area contributed by atoms with Gasteiger partial charge in [0.1, 0.15) is 5.75 Å². The van der Waals surface area contributed by atoms with E-state index >= 15 is 0 Å². The fraction of sp³-hybridized carbons (Fsp3) is 0.368. The van der Waals surface area contributed by atoms with Gasteiger partial charge in [0.2, 0.25) is 0 Å². The van der Waals surface area contributed by atoms with Crippen molar-refractivity contribution in [1.29, 1.82) is 0 Å². The summed E-state index contributed by atoms with van der Waals surface area (Å²) in [5, 5.41) is 0. The standard InChI is InChI=1S/C19H27N3OS/c1-3-22(4-2)11-6-12-23-15-7-5-8-16(13-15)24-17-9-10-18(20)19(21)14-17/h5,7-10,13-14H,3-4,6,11-12,20-21H2,1-2H3. The van der Waals surface area contributed by atoms with Crippen LogP contribution in [0, 0.1) is 0 Å². The van der Waals surface area contributed by atoms with Gasteiger partial charge in [-0.15, -0.1) is 0 Å². The highest BCUT2D eigenvalue weighted by atomic mass is 32.2. The zero-order valence-electron chi connectivity index (χ0n) is 14.5. The van der Waals surface area contributed by atoms with E-state index in [1.807, 2.05) is 30.3 Å². The summed E-state index contributed by atoms with van der Waals surface area (Å²) in [4.78, 5) is 4.60. The zero-order chi connectivity index (χ0) is 17.4. The smallest absolute Gasteiger partial charge is 0.120 e. The number of nitrogen functional groups attached to an aromatic ring is 2. The molecule has 0 radical (unpaired) electrons. The van der Waals surface area contributed by atoms with Gasteiger partial charge >= 0.3 is 0 Å². The highest BCUT2D eigenvalue weighted by Gasteiger charge is 2.03. The predicted octanol–water partition coefficient (Wildman–Crippen LogP) is 4.11. The molecule has 0 bridgehead atoms. The van der Waals surface area contributed by atoms with Crippen LogP contribution in [0.5, 0.6) is 5.75 Å². The molecule has 4 N–H and O–H groups in total. The molecule has 0 saturated heterocycles. The van der Waals surface area contributed by atoms with Crippen LogP contribution in [0.15, 0.2) is 52.3 Å². The summed E-state index contributed by atoms with van der Waals surface area (Å²) in [6.45, 7) is 8.37. The van der Waals surface area contributed by atoms with Gasteiger partial charge in [0, 0.05) is 16.3 Å². The monoisotopic (exact) mass is 345 g/mol. The minimum atomic E-state index is 0.615. The average molecular weight is 346 g/mol. The highest BCUT2D eigenvalue weighted by molar-refractivity contribution is 7.99. The first-order chi connectivity index (χ1) is 11.6. The van der Waals surface area contributed by atoms with Crippen molar-refractivity contribution in [3.05, 3.63) is 42.5 Å². The molecule has 0 heterocycles. The molecule has 4 nitrogen and oxygen atoms in total. The van der Waals surface area contributed by atoms with Crippen molar-refractivity contribution < 1.29 is 4.74 Å². The van der Waals surface area contributed by atoms with E-state index in [-0.39, 0.29) is 0 Å². The molecule has 0 aromatic heterocycles. The lowest BCUT2D eigenvalue weighted by molar-refractivity contribution is 0.249. The Bertz CT molecular complexity index is 644. The van der Waals surface area contributed by atoms with Crippen LogP contribution in [0.3, 0.4) is 0 Å². The van der Waals surface area contributed by atoms with Crippen molar-refractivity contribution in [2.24, 2.45) is 0 Å². The summed E-state index contributed by atoms with van der Waals surface area (Å²) >= 11 is 1.65. The molecule has 2 aromatic rings. The minimum Gasteiger partial charge on any atom is -0.494 e. The summed E-state index contributed by atoms with van der Waals surface area (Å²) in [6.07, 6.45) is 1.04. The van der Waals surface area contributed by atoms with Gasteiger partial charge in [-0.3, -0.25) is 0 Å². The number of nitrogens with zero attached hydrogens (tertiary/aromatic N) is 1. The molecule has 0 aliphatic heterocycles. The van der Waals surface area contributed by atoms with E-state index in [0.29, 0.717) is 11.4 Å². The van der Waals surface area contributed by atoms with Crippen LogP contribution in [0.1, 0.15) is 20.3 Å². The molecule has 5 heteroatoms. The van der Waals surface area contributed by atoms with E-state index in [0.717, 1.165) is 48.2 Å². The van der Waals surface area contributed by atoms with Gasteiger partial charge in [-0.05, 0) is 55.9 Å². The second kappa shape index (κ2) is 9.45. The van der Waals surface area contributed by atoms with E-state index in [1.165, 1.54) is 0 Å². The van der Waals surface area contributed by atoms with E-state index in [4.69, 9.17) is 16.2 Å². The zero-order valence-corrected chi connectivity index (χ0v) is 15.3. The molecule has 0 saturated carbocycles. The fourth-order valence-corrected chi connectivity index (χ4v) is 3.31. The minimum absolute atomic E-state index is 0.615. The SMILES string of the molecule is CCN(CC)CCCOc1cccc(Sc2ccc(N)c(N)c2)c1. The van der Waals surface area contributed by atoms with Gasteiger partial charge in [-0.1, -0.05) is 31.7 Å². The summed E-state index contributed by atoms with van der Waals surface area (Å²) in [7, 11) is 0. The number of hydrogen-bond donors (Lipinski definition) is 2. The van der Waals surface area contributed by atoms with Gasteiger partial charge in [0.15, 0.2) is 0 Å². The molecule has 0 aliphatic carbocycles. The first kappa shape index (κ1) is 18.5. The largest absolute Gasteiger partial charge is 0.494 e. The van der Waals surface area contributed by atoms with Crippen molar-refractivity contribution in [2.75, 3.05) is 37.7 Å². The maximum Gasteiger partial charge on any atom is 0.120 e. The van der Waals surface area contributed by atoms with Crippen molar-refractivity contribution in [3.63, 3.8) is 0 Å². The maximum absolute atomic E-state index is 5.88. The van der Waals surface area contributed by atoms with Gasteiger partial charge in [-0.2, -0.15) is 0 Å². The van der Waals surface area contributed by atoms with Crippen LogP contribution < -0.4 is 16.2 Å². The molecular formula is C19H27N3OS. The van der Waals surface area contributed by atoms with Crippen LogP contribution >= 0.6 is 11.8 Å². The van der Waals surface area contributed by atoms with Crippen LogP contribution in [-0.4, -0.2) is 31.1 Å². The fourth-order valence-electron chi connectivity index (χ4n) is 2.40. The Morgan fingerprint density at radius 2 is 1.71 bits per heavy atom. The third-order valence-corrected chi connectivity index (χ3v) is 4.86. The number of benzene rings is 2. The van der Waals surface area contributed by atoms with Crippen LogP contribution in [0.4, 0.5) is 11.4 Å². The molecule has 130 valence electrons. The second-order valence-electron chi connectivity index (χ2n) is 5.60. The lowest BCUT2D eigenvalue weighted by atomic mass is 10.3. The summed E-state index contributed by atoms with van der Waals surface area (Å²) in [6, 6.07) is 13.9. The number of rotatable bonds is 9. The lowest BCUT2D eigenvalue weighted by Gasteiger charge is -2.17. The molecule has 2 aromatic carbocycles. The topological polar surface area (TPSA) is 64.5 Å². The Balaban J connectivity index is 1.88. The Labute approximate surface area is 149 Å². The highest BCUT2D eigenvalue weighted by Crippen LogP contribution is 2.32. The first-order valence-corrected chi connectivity index (χ1v) is 9.22. The number of hydrogen-bond acceptors (Lipinski definition) is 5. The molecule has 0 spiro atoms. The van der Waals surface area contributed by atoms with Crippen LogP contribution in [0.2, 0.25) is 0 Å². The predicted molar refractivity (Wildman–Crippen MR) is 104 cm³/mol. The van der Waals surface area contributed by atoms with Crippen LogP contribution in [0.25, 0.3) is 0 Å². The Hall–Kier alpha value is -1.85. The molecule has 0 unspecified atom stereocenters. The molecule has 0 fully saturated rings. The molecule has 2 rings (SSSR count). The van der Waals surface area contributed by atoms with E-state index in [9.17, 15) is 0 Å². The van der Waals surface area contributed by atoms with E-state index in [2.05, 4.69) is 30.9 Å². The summed E-state index contributed by atoms with van der Waals surface area (Å²) in [5.41, 5.74) is 12.9. The molecule has 0 atom stereocenters. The maximum atomic E-state index is 5.88. The van der Waals surface area contributed by atoms with Crippen molar-refractivity contribution in [3.8, 4) is 5.75 Å². The average Bonchev–Trinajstić information content (AvgIpc) is 2.59. The van der Waals surface area contributed by atoms with Crippen molar-refractivity contribution >= 4 is 23.1 Å². The normalized spacial score (nSPS) is 11.0. The van der Waals surface area contributed by atoms with Gasteiger partial charge in [-0.25, -0.2) is 0 Å². The third-order valence-electron chi connectivity index (χ3n) is 3.88. The quantitative estimate of drug-likeness (QED) is 0.529. The van der Waals surface area contributed by atoms with Gasteiger partial charge in [0.05, 0.1) is 18.0 Å². The Morgan fingerprint density at radius 3 is 2.42 bits per heavy atom. The molecule has 0 amide bonds. The summed E-state index contributed by atoms with van der Waals surface area (Å²) in [5.74, 6) is 0.906. The molecule has 0 aliphatic rings. The summed E-state index contributed by atoms with van der Waals surface area (Å²) < 4.78 is 5.88. The van der Waals surface area contributed by atoms with Gasteiger partial charge in [0.25, 0.3) is 0 Å². The number of nitrogens with two attached hydrogens (primary N) is 2. The molecule has 24 heavy (non-hydrogen) atoms. The van der Waals surface area contributed by atoms with Gasteiger partial charge < -0.3 is 21.1 Å². The van der Waals surface area contributed by atoms with E-state index in [1.54, 1.807) is 11.8 Å². The van der Waals surface area contributed by atoms with Crippen molar-refractivity contribution in [1.82, 2.24) is 4.90 Å². The number of anilines is 2. The third kappa shape index (κ3) is 5.65.